The van der Waals surface area contributed by atoms with Crippen LogP contribution in [0.3, 0.4) is 0 Å². The molecule has 2 heterocycles. The van der Waals surface area contributed by atoms with E-state index in [4.69, 9.17) is 0 Å². The Morgan fingerprint density at radius 1 is 1.00 bits per heavy atom. The molecule has 0 aliphatic carbocycles. The Balaban J connectivity index is 1.75. The summed E-state index contributed by atoms with van der Waals surface area (Å²) in [4.78, 5) is 37.6. The predicted octanol–water partition coefficient (Wildman–Crippen LogP) is 0.758. The van der Waals surface area contributed by atoms with Crippen molar-refractivity contribution in [3.8, 4) is 0 Å². The summed E-state index contributed by atoms with van der Waals surface area (Å²) in [5.41, 5.74) is 0. The summed E-state index contributed by atoms with van der Waals surface area (Å²) in [6.07, 6.45) is 2.93. The van der Waals surface area contributed by atoms with Crippen molar-refractivity contribution in [1.82, 2.24) is 9.80 Å². The van der Waals surface area contributed by atoms with Gasteiger partial charge in [0.15, 0.2) is 0 Å². The molecule has 0 bridgehead atoms. The highest BCUT2D eigenvalue weighted by atomic mass is 16.6. The molecule has 0 atom stereocenters. The van der Waals surface area contributed by atoms with Crippen molar-refractivity contribution in [2.24, 2.45) is 0 Å². The Kier molecular flexibility index (Phi) is 4.17. The zero-order valence-electron chi connectivity index (χ0n) is 10.4. The number of carbonyl (C=O) groups excluding carboxylic acids is 3. The van der Waals surface area contributed by atoms with Crippen molar-refractivity contribution in [2.75, 3.05) is 26.2 Å². The van der Waals surface area contributed by atoms with Crippen LogP contribution in [0.25, 0.3) is 0 Å². The minimum Gasteiger partial charge on any atom is -0.447 e. The Labute approximate surface area is 106 Å². The van der Waals surface area contributed by atoms with Crippen LogP contribution in [0.5, 0.6) is 0 Å². The number of rotatable bonds is 3. The molecule has 2 aliphatic heterocycles. The zero-order chi connectivity index (χ0) is 13.0. The van der Waals surface area contributed by atoms with Crippen LogP contribution in [0.4, 0.5) is 4.79 Å². The quantitative estimate of drug-likeness (QED) is 0.745. The number of amides is 3. The van der Waals surface area contributed by atoms with Gasteiger partial charge in [0.1, 0.15) is 6.61 Å². The van der Waals surface area contributed by atoms with Gasteiger partial charge in [-0.1, -0.05) is 0 Å². The molecule has 3 amide bonds. The minimum atomic E-state index is -0.592. The normalized spacial score (nSPS) is 19.9. The molecule has 18 heavy (non-hydrogen) atoms. The molecule has 2 aliphatic rings. The van der Waals surface area contributed by atoms with Crippen LogP contribution in [0.1, 0.15) is 32.1 Å². The van der Waals surface area contributed by atoms with E-state index in [1.165, 1.54) is 6.42 Å². The molecule has 0 radical (unpaired) electrons. The van der Waals surface area contributed by atoms with E-state index in [9.17, 15) is 14.4 Å². The van der Waals surface area contributed by atoms with Gasteiger partial charge in [-0.05, 0) is 19.3 Å². The molecule has 2 saturated heterocycles. The first-order valence-electron chi connectivity index (χ1n) is 6.43. The van der Waals surface area contributed by atoms with Gasteiger partial charge in [0.05, 0.1) is 6.54 Å². The van der Waals surface area contributed by atoms with Crippen molar-refractivity contribution in [2.45, 2.75) is 32.1 Å². The average Bonchev–Trinajstić information content (AvgIpc) is 2.83. The van der Waals surface area contributed by atoms with Crippen LogP contribution in [-0.2, 0) is 14.3 Å². The number of carbonyl (C=O) groups is 3. The third-order valence-corrected chi connectivity index (χ3v) is 3.32. The van der Waals surface area contributed by atoms with Gasteiger partial charge in [0, 0.05) is 25.9 Å². The second-order valence-corrected chi connectivity index (χ2v) is 4.60. The molecule has 6 heteroatoms. The monoisotopic (exact) mass is 254 g/mol. The molecule has 0 aromatic heterocycles. The van der Waals surface area contributed by atoms with E-state index < -0.39 is 6.09 Å². The maximum atomic E-state index is 11.8. The Bertz CT molecular complexity index is 350. The summed E-state index contributed by atoms with van der Waals surface area (Å²) in [6, 6.07) is 0. The average molecular weight is 254 g/mol. The second-order valence-electron chi connectivity index (χ2n) is 4.60. The molecule has 0 N–H and O–H groups in total. The zero-order valence-corrected chi connectivity index (χ0v) is 10.4. The summed E-state index contributed by atoms with van der Waals surface area (Å²) in [5.74, 6) is -0.307. The van der Waals surface area contributed by atoms with Gasteiger partial charge < -0.3 is 9.64 Å². The molecule has 0 saturated carbocycles. The van der Waals surface area contributed by atoms with E-state index in [1.54, 1.807) is 4.90 Å². The van der Waals surface area contributed by atoms with Crippen LogP contribution < -0.4 is 0 Å². The molecule has 0 aromatic carbocycles. The van der Waals surface area contributed by atoms with Gasteiger partial charge in [-0.15, -0.1) is 0 Å². The Hall–Kier alpha value is -1.59. The molecule has 6 nitrogen and oxygen atoms in total. The fourth-order valence-corrected chi connectivity index (χ4v) is 2.27. The standard InChI is InChI=1S/C12H18N2O4/c15-10(13-6-2-1-3-7-13)4-5-11(16)14-8-9-18-12(14)17/h1-9H2. The second kappa shape index (κ2) is 5.84. The van der Waals surface area contributed by atoms with Crippen molar-refractivity contribution < 1.29 is 19.1 Å². The van der Waals surface area contributed by atoms with Crippen molar-refractivity contribution >= 4 is 17.9 Å². The smallest absolute Gasteiger partial charge is 0.416 e. The van der Waals surface area contributed by atoms with Gasteiger partial charge in [-0.2, -0.15) is 0 Å². The van der Waals surface area contributed by atoms with Gasteiger partial charge in [-0.3, -0.25) is 9.59 Å². The number of likely N-dealkylation sites (tertiary alicyclic amines) is 1. The highest BCUT2D eigenvalue weighted by Crippen LogP contribution is 2.12. The SMILES string of the molecule is O=C(CCC(=O)N1CCOC1=O)N1CCCCC1. The van der Waals surface area contributed by atoms with E-state index in [2.05, 4.69) is 4.74 Å². The van der Waals surface area contributed by atoms with Crippen LogP contribution in [0.2, 0.25) is 0 Å². The number of hydrogen-bond acceptors (Lipinski definition) is 4. The topological polar surface area (TPSA) is 66.9 Å². The lowest BCUT2D eigenvalue weighted by molar-refractivity contribution is -0.136. The number of imide groups is 1. The summed E-state index contributed by atoms with van der Waals surface area (Å²) in [5, 5.41) is 0. The number of piperidine rings is 1. The maximum Gasteiger partial charge on any atom is 0.416 e. The van der Waals surface area contributed by atoms with Crippen LogP contribution in [-0.4, -0.2) is 53.9 Å². The molecule has 2 rings (SSSR count). The molecule has 0 aromatic rings. The van der Waals surface area contributed by atoms with E-state index in [-0.39, 0.29) is 31.3 Å². The summed E-state index contributed by atoms with van der Waals surface area (Å²) >= 11 is 0. The fraction of sp³-hybridized carbons (Fsp3) is 0.750. The number of cyclic esters (lactones) is 1. The van der Waals surface area contributed by atoms with Gasteiger partial charge in [-0.25, -0.2) is 9.69 Å². The Morgan fingerprint density at radius 2 is 1.67 bits per heavy atom. The van der Waals surface area contributed by atoms with Crippen LogP contribution in [0, 0.1) is 0 Å². The van der Waals surface area contributed by atoms with Crippen molar-refractivity contribution in [3.63, 3.8) is 0 Å². The fourth-order valence-electron chi connectivity index (χ4n) is 2.27. The van der Waals surface area contributed by atoms with Crippen LogP contribution >= 0.6 is 0 Å². The highest BCUT2D eigenvalue weighted by molar-refractivity contribution is 5.94. The van der Waals surface area contributed by atoms with Gasteiger partial charge >= 0.3 is 6.09 Å². The number of hydrogen-bond donors (Lipinski definition) is 0. The Morgan fingerprint density at radius 3 is 2.28 bits per heavy atom. The lowest BCUT2D eigenvalue weighted by Gasteiger charge is -2.26. The van der Waals surface area contributed by atoms with Crippen molar-refractivity contribution in [1.29, 1.82) is 0 Å². The van der Waals surface area contributed by atoms with Gasteiger partial charge in [0.25, 0.3) is 0 Å². The van der Waals surface area contributed by atoms with Crippen molar-refractivity contribution in [3.05, 3.63) is 0 Å². The molecule has 100 valence electrons. The lowest BCUT2D eigenvalue weighted by atomic mass is 10.1. The highest BCUT2D eigenvalue weighted by Gasteiger charge is 2.28. The van der Waals surface area contributed by atoms with E-state index in [0.717, 1.165) is 30.8 Å². The molecule has 2 fully saturated rings. The molecular weight excluding hydrogens is 236 g/mol. The van der Waals surface area contributed by atoms with Gasteiger partial charge in [0.2, 0.25) is 11.8 Å². The summed E-state index contributed by atoms with van der Waals surface area (Å²) < 4.78 is 4.68. The van der Waals surface area contributed by atoms with E-state index >= 15 is 0 Å². The molecule has 0 spiro atoms. The summed E-state index contributed by atoms with van der Waals surface area (Å²) in [7, 11) is 0. The van der Waals surface area contributed by atoms with Crippen LogP contribution in [0.15, 0.2) is 0 Å². The number of ether oxygens (including phenoxy) is 1. The first-order chi connectivity index (χ1) is 8.68. The van der Waals surface area contributed by atoms with E-state index in [0.29, 0.717) is 6.54 Å². The third kappa shape index (κ3) is 3.00. The third-order valence-electron chi connectivity index (χ3n) is 3.32. The molecule has 0 unspecified atom stereocenters. The first-order valence-corrected chi connectivity index (χ1v) is 6.43. The lowest BCUT2D eigenvalue weighted by Crippen LogP contribution is -2.37. The molecular formula is C12H18N2O4. The summed E-state index contributed by atoms with van der Waals surface area (Å²) in [6.45, 7) is 2.14. The predicted molar refractivity (Wildman–Crippen MR) is 62.7 cm³/mol. The van der Waals surface area contributed by atoms with E-state index in [1.807, 2.05) is 0 Å². The minimum absolute atomic E-state index is 0.00983. The maximum absolute atomic E-state index is 11.8. The largest absolute Gasteiger partial charge is 0.447 e. The number of nitrogens with zero attached hydrogens (tertiary/aromatic N) is 2. The first kappa shape index (κ1) is 12.9.